The van der Waals surface area contributed by atoms with E-state index in [1.165, 1.54) is 66.7 Å². The SMILES string of the molecule is Cl.O=C(NO)C1(S(=O)(=O)c2ccc(-c3cnc(CCCC(F)(F)F)cn3)cc2)CCOCC1.O=C(NOC1CCCCO1)C1(S(=O)(=O)c2ccc(-c3cnc(CCCC(F)(F)F)cn3)cc2)CCOCC1. The normalized spacial score (nSPS) is 18.2. The van der Waals surface area contributed by atoms with E-state index in [2.05, 4.69) is 25.4 Å². The molecule has 0 bridgehead atoms. The molecule has 3 aliphatic rings. The second-order valence-corrected chi connectivity index (χ2v) is 21.3. The maximum Gasteiger partial charge on any atom is 0.389 e. The minimum absolute atomic E-state index is 0. The van der Waals surface area contributed by atoms with Crippen molar-refractivity contribution in [3.8, 4) is 22.5 Å². The molecule has 3 fully saturated rings. The molecule has 17 nitrogen and oxygen atoms in total. The Balaban J connectivity index is 0.000000264. The number of hydrogen-bond donors (Lipinski definition) is 3. The van der Waals surface area contributed by atoms with Crippen molar-refractivity contribution in [2.24, 2.45) is 0 Å². The van der Waals surface area contributed by atoms with Crippen LogP contribution in [0.15, 0.2) is 83.1 Å². The van der Waals surface area contributed by atoms with Crippen LogP contribution in [-0.4, -0.2) is 115 Å². The summed E-state index contributed by atoms with van der Waals surface area (Å²) >= 11 is 0. The van der Waals surface area contributed by atoms with E-state index in [-0.39, 0.29) is 100.0 Å². The van der Waals surface area contributed by atoms with Crippen LogP contribution in [-0.2, 0) is 61.2 Å². The second kappa shape index (κ2) is 24.7. The van der Waals surface area contributed by atoms with E-state index < -0.39 is 72.5 Å². The molecule has 5 heterocycles. The van der Waals surface area contributed by atoms with Crippen LogP contribution in [0.2, 0.25) is 0 Å². The van der Waals surface area contributed by atoms with E-state index >= 15 is 0 Å². The molecule has 1 unspecified atom stereocenters. The van der Waals surface area contributed by atoms with Crippen molar-refractivity contribution < 1.29 is 77.0 Å². The molecule has 7 rings (SSSR count). The molecule has 0 spiro atoms. The predicted octanol–water partition coefficient (Wildman–Crippen LogP) is 7.20. The summed E-state index contributed by atoms with van der Waals surface area (Å²) in [4.78, 5) is 47.5. The number of sulfone groups is 2. The van der Waals surface area contributed by atoms with Gasteiger partial charge in [-0.3, -0.25) is 34.7 Å². The zero-order valence-corrected chi connectivity index (χ0v) is 40.5. The van der Waals surface area contributed by atoms with Crippen LogP contribution < -0.4 is 11.0 Å². The van der Waals surface area contributed by atoms with Crippen molar-refractivity contribution >= 4 is 43.9 Å². The average Bonchev–Trinajstić information content (AvgIpc) is 3.36. The number of alkyl halides is 6. The van der Waals surface area contributed by atoms with Gasteiger partial charge in [0.25, 0.3) is 11.8 Å². The van der Waals surface area contributed by atoms with Gasteiger partial charge < -0.3 is 14.2 Å². The lowest BCUT2D eigenvalue weighted by atomic mass is 9.98. The minimum atomic E-state index is -4.21. The Labute approximate surface area is 412 Å². The van der Waals surface area contributed by atoms with Gasteiger partial charge in [-0.05, 0) is 88.5 Å². The fraction of sp³-hybridized carbons (Fsp3) is 0.511. The molecule has 3 N–H and O–H groups in total. The number of nitrogens with zero attached hydrogens (tertiary/aromatic N) is 4. The fourth-order valence-corrected chi connectivity index (χ4v) is 11.9. The van der Waals surface area contributed by atoms with Crippen LogP contribution in [0.3, 0.4) is 0 Å². The molecule has 4 aromatic rings. The lowest BCUT2D eigenvalue weighted by Gasteiger charge is -2.35. The van der Waals surface area contributed by atoms with Gasteiger partial charge in [-0.1, -0.05) is 24.3 Å². The van der Waals surface area contributed by atoms with Gasteiger partial charge in [0.15, 0.2) is 35.5 Å². The van der Waals surface area contributed by atoms with Gasteiger partial charge in [0.2, 0.25) is 0 Å². The number of carbonyl (C=O) groups is 2. The summed E-state index contributed by atoms with van der Waals surface area (Å²) in [5, 5.41) is 9.10. The molecule has 2 aromatic carbocycles. The standard InChI is InChI=1S/C25H30F3N3O6S.C20H22F3N3O5S.ClH/c26-25(27,28)10-3-4-19-16-30-21(17-29-19)18-6-8-20(9-7-18)38(33,34)24(11-14-35-15-12-24)23(32)31-37-22-5-1-2-13-36-22;21-20(22,23)7-1-2-15-12-25-17(13-24-15)14-3-5-16(6-4-14)32(29,30)19(18(27)26-28)8-10-31-11-9-19;/h6-9,16-17,22H,1-5,10-15H2,(H,31,32);3-6,12-13,28H,1-2,7-11H2,(H,26,27);1H. The highest BCUT2D eigenvalue weighted by Gasteiger charge is 2.53. The molecule has 2 amide bonds. The number of hydroxylamine groups is 2. The maximum atomic E-state index is 13.8. The molecule has 3 aliphatic heterocycles. The summed E-state index contributed by atoms with van der Waals surface area (Å²) in [6.45, 7) is 0.853. The quantitative estimate of drug-likeness (QED) is 0.0572. The number of ether oxygens (including phenoxy) is 3. The summed E-state index contributed by atoms with van der Waals surface area (Å²) in [6, 6.07) is 11.6. The van der Waals surface area contributed by atoms with Crippen LogP contribution in [0.1, 0.15) is 82.0 Å². The van der Waals surface area contributed by atoms with Crippen LogP contribution in [0.4, 0.5) is 26.3 Å². The first-order valence-electron chi connectivity index (χ1n) is 22.3. The van der Waals surface area contributed by atoms with E-state index in [0.717, 1.165) is 12.8 Å². The van der Waals surface area contributed by atoms with Gasteiger partial charge >= 0.3 is 12.4 Å². The molecule has 0 aliphatic carbocycles. The zero-order chi connectivity index (χ0) is 50.6. The number of aromatic nitrogens is 4. The Morgan fingerprint density at radius 1 is 0.634 bits per heavy atom. The smallest absolute Gasteiger partial charge is 0.381 e. The van der Waals surface area contributed by atoms with Crippen molar-refractivity contribution in [2.45, 2.75) is 121 Å². The topological polar surface area (TPSA) is 235 Å². The monoisotopic (exact) mass is 1070 g/mol. The number of aryl methyl sites for hydroxylation is 2. The number of rotatable bonds is 16. The average molecular weight is 1070 g/mol. The van der Waals surface area contributed by atoms with Gasteiger partial charge in [0.05, 0.1) is 45.0 Å². The third-order valence-electron chi connectivity index (χ3n) is 12.1. The van der Waals surface area contributed by atoms with Crippen molar-refractivity contribution in [2.75, 3.05) is 33.0 Å². The number of hydrogen-bond acceptors (Lipinski definition) is 15. The van der Waals surface area contributed by atoms with Gasteiger partial charge in [-0.25, -0.2) is 32.6 Å². The molecule has 26 heteroatoms. The highest BCUT2D eigenvalue weighted by molar-refractivity contribution is 7.94. The van der Waals surface area contributed by atoms with Gasteiger partial charge in [-0.2, -0.15) is 26.3 Å². The molecule has 0 saturated carbocycles. The number of amides is 2. The van der Waals surface area contributed by atoms with E-state index in [9.17, 15) is 52.8 Å². The first kappa shape index (κ1) is 57.0. The molecular weight excluding hydrogens is 1010 g/mol. The zero-order valence-electron chi connectivity index (χ0n) is 38.0. The molecule has 0 radical (unpaired) electrons. The Bertz CT molecular complexity index is 2580. The van der Waals surface area contributed by atoms with Gasteiger partial charge in [0.1, 0.15) is 0 Å². The Morgan fingerprint density at radius 3 is 1.41 bits per heavy atom. The van der Waals surface area contributed by atoms with Crippen molar-refractivity contribution in [3.05, 3.63) is 84.7 Å². The molecular formula is C45H53ClF6N6O11S2. The predicted molar refractivity (Wildman–Crippen MR) is 243 cm³/mol. The van der Waals surface area contributed by atoms with Gasteiger partial charge in [-0.15, -0.1) is 12.4 Å². The molecule has 71 heavy (non-hydrogen) atoms. The summed E-state index contributed by atoms with van der Waals surface area (Å²) in [5.41, 5.74) is 6.62. The largest absolute Gasteiger partial charge is 0.389 e. The number of nitrogens with one attached hydrogen (secondary N) is 2. The van der Waals surface area contributed by atoms with Crippen LogP contribution in [0, 0.1) is 0 Å². The molecule has 2 aromatic heterocycles. The Morgan fingerprint density at radius 2 is 1.06 bits per heavy atom. The minimum Gasteiger partial charge on any atom is -0.381 e. The lowest BCUT2D eigenvalue weighted by molar-refractivity contribution is -0.202. The van der Waals surface area contributed by atoms with Crippen molar-refractivity contribution in [1.82, 2.24) is 30.9 Å². The van der Waals surface area contributed by atoms with Crippen LogP contribution >= 0.6 is 12.4 Å². The van der Waals surface area contributed by atoms with E-state index in [4.69, 9.17) is 24.3 Å². The van der Waals surface area contributed by atoms with E-state index in [0.29, 0.717) is 46.9 Å². The number of benzene rings is 2. The second-order valence-electron chi connectivity index (χ2n) is 16.8. The Hall–Kier alpha value is -4.89. The highest BCUT2D eigenvalue weighted by Crippen LogP contribution is 2.38. The van der Waals surface area contributed by atoms with E-state index in [1.54, 1.807) is 12.1 Å². The van der Waals surface area contributed by atoms with E-state index in [1.807, 2.05) is 0 Å². The fourth-order valence-electron chi connectivity index (χ4n) is 8.02. The van der Waals surface area contributed by atoms with Crippen molar-refractivity contribution in [3.63, 3.8) is 0 Å². The number of halogens is 7. The van der Waals surface area contributed by atoms with Crippen LogP contribution in [0.5, 0.6) is 0 Å². The van der Waals surface area contributed by atoms with Crippen LogP contribution in [0.25, 0.3) is 22.5 Å². The first-order chi connectivity index (χ1) is 33.2. The van der Waals surface area contributed by atoms with Gasteiger partial charge in [0, 0.05) is 75.8 Å². The summed E-state index contributed by atoms with van der Waals surface area (Å²) in [5.74, 6) is -1.76. The number of carbonyl (C=O) groups excluding carboxylic acids is 2. The summed E-state index contributed by atoms with van der Waals surface area (Å²) in [7, 11) is -8.29. The lowest BCUT2D eigenvalue weighted by Crippen LogP contribution is -2.56. The first-order valence-corrected chi connectivity index (χ1v) is 25.3. The molecule has 1 atom stereocenters. The Kier molecular flexibility index (Phi) is 19.8. The molecule has 3 saturated heterocycles. The maximum absolute atomic E-state index is 13.8. The highest BCUT2D eigenvalue weighted by atomic mass is 35.5. The molecule has 390 valence electrons. The summed E-state index contributed by atoms with van der Waals surface area (Å²) < 4.78 is 140. The third-order valence-corrected chi connectivity index (χ3v) is 17.1. The third kappa shape index (κ3) is 14.4. The van der Waals surface area contributed by atoms with Crippen molar-refractivity contribution in [1.29, 1.82) is 0 Å². The summed E-state index contributed by atoms with van der Waals surface area (Å²) in [6.07, 6.45) is -2.92.